The quantitative estimate of drug-likeness (QED) is 0.615. The largest absolute Gasteiger partial charge is 0.513 e. The summed E-state index contributed by atoms with van der Waals surface area (Å²) in [6, 6.07) is 6.57. The van der Waals surface area contributed by atoms with Crippen LogP contribution in [0.1, 0.15) is 43.2 Å². The predicted octanol–water partition coefficient (Wildman–Crippen LogP) is 4.99. The van der Waals surface area contributed by atoms with E-state index in [9.17, 15) is 9.90 Å². The molecular formula is C18H24O2S. The van der Waals surface area contributed by atoms with Crippen LogP contribution in [0.2, 0.25) is 0 Å². The van der Waals surface area contributed by atoms with Gasteiger partial charge in [-0.15, -0.1) is 11.8 Å². The lowest BCUT2D eigenvalue weighted by Gasteiger charge is -2.13. The first-order valence-electron chi connectivity index (χ1n) is 7.64. The lowest BCUT2D eigenvalue weighted by atomic mass is 9.95. The molecule has 0 radical (unpaired) electrons. The molecule has 2 rings (SSSR count). The van der Waals surface area contributed by atoms with Crippen LogP contribution in [0.3, 0.4) is 0 Å². The zero-order chi connectivity index (χ0) is 15.2. The van der Waals surface area contributed by atoms with Crippen LogP contribution in [0.25, 0.3) is 0 Å². The molecule has 1 aromatic carbocycles. The van der Waals surface area contributed by atoms with Gasteiger partial charge in [0.05, 0.1) is 5.76 Å². The Kier molecular flexibility index (Phi) is 5.92. The average Bonchev–Trinajstić information content (AvgIpc) is 2.58. The Bertz CT molecular complexity index is 534. The molecule has 0 heterocycles. The summed E-state index contributed by atoms with van der Waals surface area (Å²) in [4.78, 5) is 13.0. The van der Waals surface area contributed by atoms with E-state index in [1.54, 1.807) is 6.08 Å². The Hall–Kier alpha value is -1.22. The maximum Gasteiger partial charge on any atom is 0.137 e. The summed E-state index contributed by atoms with van der Waals surface area (Å²) in [6.07, 6.45) is 5.46. The van der Waals surface area contributed by atoms with Gasteiger partial charge in [0, 0.05) is 24.2 Å². The van der Waals surface area contributed by atoms with Gasteiger partial charge in [-0.2, -0.15) is 0 Å². The number of thioether (sulfide) groups is 1. The average molecular weight is 304 g/mol. The second-order valence-corrected chi connectivity index (χ2v) is 7.11. The third kappa shape index (κ3) is 5.24. The monoisotopic (exact) mass is 304 g/mol. The highest BCUT2D eigenvalue weighted by molar-refractivity contribution is 7.99. The minimum Gasteiger partial charge on any atom is -0.513 e. The van der Waals surface area contributed by atoms with Gasteiger partial charge in [-0.1, -0.05) is 17.7 Å². The number of Topliss-reactive ketones (excluding diaryl/α,β-unsaturated/α-hetero) is 1. The zero-order valence-corrected chi connectivity index (χ0v) is 13.7. The number of ketones is 1. The van der Waals surface area contributed by atoms with Crippen LogP contribution >= 0.6 is 11.8 Å². The molecule has 0 aliphatic heterocycles. The summed E-state index contributed by atoms with van der Waals surface area (Å²) in [7, 11) is 0. The van der Waals surface area contributed by atoms with Gasteiger partial charge in [-0.05, 0) is 56.1 Å². The first-order chi connectivity index (χ1) is 10.0. The Labute approximate surface area is 131 Å². The first-order valence-corrected chi connectivity index (χ1v) is 8.63. The Balaban J connectivity index is 1.76. The number of carbonyl (C=O) groups is 1. The number of hydrogen-bond acceptors (Lipinski definition) is 3. The molecule has 0 saturated heterocycles. The van der Waals surface area contributed by atoms with E-state index in [0.29, 0.717) is 30.9 Å². The fourth-order valence-corrected chi connectivity index (χ4v) is 3.79. The van der Waals surface area contributed by atoms with E-state index in [2.05, 4.69) is 32.0 Å². The van der Waals surface area contributed by atoms with Crippen molar-refractivity contribution in [3.8, 4) is 0 Å². The van der Waals surface area contributed by atoms with Gasteiger partial charge in [0.2, 0.25) is 0 Å². The Morgan fingerprint density at radius 3 is 2.86 bits per heavy atom. The molecule has 1 aliphatic carbocycles. The van der Waals surface area contributed by atoms with E-state index in [-0.39, 0.29) is 5.78 Å². The van der Waals surface area contributed by atoms with Crippen molar-refractivity contribution in [3.63, 3.8) is 0 Å². The molecule has 1 atom stereocenters. The molecule has 0 amide bonds. The Morgan fingerprint density at radius 2 is 2.10 bits per heavy atom. The second-order valence-electron chi connectivity index (χ2n) is 5.97. The van der Waals surface area contributed by atoms with E-state index in [1.807, 2.05) is 11.8 Å². The van der Waals surface area contributed by atoms with E-state index < -0.39 is 0 Å². The van der Waals surface area contributed by atoms with Crippen molar-refractivity contribution >= 4 is 17.5 Å². The topological polar surface area (TPSA) is 37.3 Å². The van der Waals surface area contributed by atoms with Crippen LogP contribution in [0, 0.1) is 19.8 Å². The molecule has 0 fully saturated rings. The van der Waals surface area contributed by atoms with Crippen LogP contribution < -0.4 is 0 Å². The van der Waals surface area contributed by atoms with E-state index >= 15 is 0 Å². The summed E-state index contributed by atoms with van der Waals surface area (Å²) < 4.78 is 0. The van der Waals surface area contributed by atoms with E-state index in [4.69, 9.17) is 0 Å². The molecule has 0 bridgehead atoms. The third-order valence-corrected chi connectivity index (χ3v) is 5.19. The minimum absolute atomic E-state index is 0.256. The number of aryl methyl sites for hydroxylation is 2. The van der Waals surface area contributed by atoms with Gasteiger partial charge in [0.25, 0.3) is 0 Å². The zero-order valence-electron chi connectivity index (χ0n) is 12.9. The number of hydrogen-bond donors (Lipinski definition) is 1. The molecule has 1 unspecified atom stereocenters. The van der Waals surface area contributed by atoms with Crippen LogP contribution in [-0.2, 0) is 4.79 Å². The van der Waals surface area contributed by atoms with E-state index in [0.717, 1.165) is 18.6 Å². The highest BCUT2D eigenvalue weighted by Crippen LogP contribution is 2.28. The van der Waals surface area contributed by atoms with Crippen molar-refractivity contribution in [2.45, 2.75) is 50.8 Å². The molecule has 21 heavy (non-hydrogen) atoms. The van der Waals surface area contributed by atoms with Crippen molar-refractivity contribution in [1.82, 2.24) is 0 Å². The summed E-state index contributed by atoms with van der Waals surface area (Å²) in [5.41, 5.74) is 2.64. The minimum atomic E-state index is 0.256. The summed E-state index contributed by atoms with van der Waals surface area (Å²) in [5.74, 6) is 2.04. The van der Waals surface area contributed by atoms with Crippen molar-refractivity contribution in [1.29, 1.82) is 0 Å². The first kappa shape index (κ1) is 16.2. The summed E-state index contributed by atoms with van der Waals surface area (Å²) >= 11 is 1.89. The molecule has 0 aromatic heterocycles. The molecule has 1 N–H and O–H groups in total. The molecule has 2 nitrogen and oxygen atoms in total. The smallest absolute Gasteiger partial charge is 0.137 e. The van der Waals surface area contributed by atoms with Gasteiger partial charge in [0.15, 0.2) is 0 Å². The number of aliphatic hydroxyl groups excluding tert-OH is 1. The SMILES string of the molecule is Cc1ccc(SCCCC2CC(=O)CC=C(O)C2)c(C)c1. The Morgan fingerprint density at radius 1 is 1.29 bits per heavy atom. The highest BCUT2D eigenvalue weighted by Gasteiger charge is 2.18. The van der Waals surface area contributed by atoms with Crippen LogP contribution in [-0.4, -0.2) is 16.6 Å². The fraction of sp³-hybridized carbons (Fsp3) is 0.500. The second kappa shape index (κ2) is 7.69. The predicted molar refractivity (Wildman–Crippen MR) is 88.9 cm³/mol. The van der Waals surface area contributed by atoms with Crippen molar-refractivity contribution in [2.24, 2.45) is 5.92 Å². The fourth-order valence-electron chi connectivity index (χ4n) is 2.81. The third-order valence-electron chi connectivity index (χ3n) is 3.92. The number of aliphatic hydroxyl groups is 1. The van der Waals surface area contributed by atoms with Crippen LogP contribution in [0.15, 0.2) is 34.9 Å². The van der Waals surface area contributed by atoms with Gasteiger partial charge < -0.3 is 5.11 Å². The van der Waals surface area contributed by atoms with Gasteiger partial charge in [-0.3, -0.25) is 4.79 Å². The van der Waals surface area contributed by atoms with Crippen LogP contribution in [0.5, 0.6) is 0 Å². The van der Waals surface area contributed by atoms with Gasteiger partial charge in [-0.25, -0.2) is 0 Å². The van der Waals surface area contributed by atoms with Crippen molar-refractivity contribution in [3.05, 3.63) is 41.2 Å². The molecule has 0 spiro atoms. The number of allylic oxidation sites excluding steroid dienone is 2. The molecule has 1 aliphatic rings. The van der Waals surface area contributed by atoms with Crippen molar-refractivity contribution < 1.29 is 9.90 Å². The lowest BCUT2D eigenvalue weighted by molar-refractivity contribution is -0.119. The van der Waals surface area contributed by atoms with Gasteiger partial charge in [0.1, 0.15) is 5.78 Å². The van der Waals surface area contributed by atoms with E-state index in [1.165, 1.54) is 16.0 Å². The molecule has 1 aromatic rings. The molecular weight excluding hydrogens is 280 g/mol. The normalized spacial score (nSPS) is 19.2. The molecule has 0 saturated carbocycles. The highest BCUT2D eigenvalue weighted by atomic mass is 32.2. The number of benzene rings is 1. The standard InChI is InChI=1S/C18H24O2S/c1-13-5-8-18(14(2)10-13)21-9-3-4-15-11-16(19)6-7-17(20)12-15/h5-6,8,10,15,19H,3-4,7,9,11-12H2,1-2H3. The summed E-state index contributed by atoms with van der Waals surface area (Å²) in [5, 5.41) is 9.68. The summed E-state index contributed by atoms with van der Waals surface area (Å²) in [6.45, 7) is 4.27. The maximum absolute atomic E-state index is 11.6. The van der Waals surface area contributed by atoms with Crippen LogP contribution in [0.4, 0.5) is 0 Å². The maximum atomic E-state index is 11.6. The number of rotatable bonds is 5. The van der Waals surface area contributed by atoms with Crippen molar-refractivity contribution in [2.75, 3.05) is 5.75 Å². The molecule has 114 valence electrons. The lowest BCUT2D eigenvalue weighted by Crippen LogP contribution is -2.06. The van der Waals surface area contributed by atoms with Gasteiger partial charge >= 0.3 is 0 Å². The number of carbonyl (C=O) groups excluding carboxylic acids is 1. The molecule has 3 heteroatoms.